The van der Waals surface area contributed by atoms with Gasteiger partial charge in [0.05, 0.1) is 34.0 Å². The average molecular weight is 273 g/mol. The Labute approximate surface area is 139 Å². The number of ether oxygens (including phenoxy) is 1. The van der Waals surface area contributed by atoms with Crippen molar-refractivity contribution in [3.05, 3.63) is 65.5 Å². The van der Waals surface area contributed by atoms with Crippen molar-refractivity contribution < 1.29 is 33.4 Å². The first-order chi connectivity index (χ1) is 16.0. The number of hydrogen-bond acceptors (Lipinski definition) is 1. The molecule has 0 aliphatic carbocycles. The molecule has 1 atom stereocenters. The van der Waals surface area contributed by atoms with Gasteiger partial charge >= 0.3 is 0 Å². The van der Waals surface area contributed by atoms with Gasteiger partial charge in [-0.25, -0.2) is 0 Å². The van der Waals surface area contributed by atoms with Gasteiger partial charge in [0.15, 0.2) is 0 Å². The summed E-state index contributed by atoms with van der Waals surface area (Å²) < 4.78 is 142. The Bertz CT molecular complexity index is 1150. The van der Waals surface area contributed by atoms with E-state index in [9.17, 15) is 0 Å². The molecule has 0 spiro atoms. The van der Waals surface area contributed by atoms with Gasteiger partial charge in [0.2, 0.25) is 0 Å². The standard InChI is InChI=1S/C17H21NO/c1-14-8-10-16(11-9-14)19-17(12-13-18-2)15-6-4-3-5-7-15/h3-11,17-18H,12-13H2,1-2H3/p+1/t17-/m0/s1/i2D3,3D,4D,5D,6D,7D,8D,9D,10D,11D,12D2,13D2,17D. The van der Waals surface area contributed by atoms with Crippen LogP contribution >= 0.6 is 0 Å². The Kier molecular flexibility index (Phi) is 1.33. The van der Waals surface area contributed by atoms with Gasteiger partial charge in [-0.1, -0.05) is 47.9 Å². The lowest BCUT2D eigenvalue weighted by atomic mass is 10.1. The second kappa shape index (κ2) is 6.95. The van der Waals surface area contributed by atoms with Crippen LogP contribution in [0.25, 0.3) is 0 Å². The van der Waals surface area contributed by atoms with E-state index in [-0.39, 0.29) is 10.9 Å². The molecule has 0 aliphatic heterocycles. The average Bonchev–Trinajstić information content (AvgIpc) is 2.74. The molecule has 0 saturated carbocycles. The Balaban J connectivity index is 3.05. The van der Waals surface area contributed by atoms with E-state index in [4.69, 9.17) is 28.0 Å². The molecule has 0 radical (unpaired) electrons. The van der Waals surface area contributed by atoms with E-state index >= 15 is 0 Å². The first kappa shape index (κ1) is 3.64. The van der Waals surface area contributed by atoms with Crippen LogP contribution in [0.5, 0.6) is 5.75 Å². The van der Waals surface area contributed by atoms with Gasteiger partial charge in [-0.05, 0) is 24.6 Å². The molecule has 19 heavy (non-hydrogen) atoms. The molecule has 2 aromatic carbocycles. The van der Waals surface area contributed by atoms with Crippen LogP contribution in [0.3, 0.4) is 0 Å². The quantitative estimate of drug-likeness (QED) is 0.860. The van der Waals surface area contributed by atoms with Gasteiger partial charge in [0, 0.05) is 9.11 Å². The summed E-state index contributed by atoms with van der Waals surface area (Å²) in [5.41, 5.74) is -1.37. The SMILES string of the molecule is [2H]c1c([2H])c([2H])c([C@@]([2H])(Oc2c([2H])c([2H])c(C)c([2H])c2[2H])C([2H])([2H])C([2H])([2H])[NH2+]C([2H])([2H])[2H])c([2H])c1[2H]. The largest absolute Gasteiger partial charge is 0.486 e. The highest BCUT2D eigenvalue weighted by Gasteiger charge is 2.13. The highest BCUT2D eigenvalue weighted by molar-refractivity contribution is 5.28. The fourth-order valence-corrected chi connectivity index (χ4v) is 1.12. The van der Waals surface area contributed by atoms with Crippen molar-refractivity contribution in [1.82, 2.24) is 0 Å². The Morgan fingerprint density at radius 3 is 2.68 bits per heavy atom. The van der Waals surface area contributed by atoms with Gasteiger partial charge in [-0.3, -0.25) is 0 Å². The summed E-state index contributed by atoms with van der Waals surface area (Å²) in [6, 6.07) is -8.45. The van der Waals surface area contributed by atoms with E-state index < -0.39 is 91.6 Å². The molecule has 0 fully saturated rings. The molecule has 0 aliphatic rings. The Morgan fingerprint density at radius 1 is 1.26 bits per heavy atom. The topological polar surface area (TPSA) is 25.8 Å². The van der Waals surface area contributed by atoms with Gasteiger partial charge in [-0.15, -0.1) is 0 Å². The number of nitrogens with two attached hydrogens (primary N) is 1. The number of benzene rings is 2. The number of hydrogen-bond donors (Lipinski definition) is 1. The van der Waals surface area contributed by atoms with Crippen LogP contribution in [-0.2, 0) is 0 Å². The van der Waals surface area contributed by atoms with E-state index in [1.54, 1.807) is 0 Å². The second-order valence-electron chi connectivity index (χ2n) is 3.30. The molecule has 2 nitrogen and oxygen atoms in total. The molecule has 2 rings (SSSR count). The maximum Gasteiger partial charge on any atom is 0.129 e. The third-order valence-electron chi connectivity index (χ3n) is 1.92. The van der Waals surface area contributed by atoms with Crippen molar-refractivity contribution in [2.45, 2.75) is 19.4 Å². The van der Waals surface area contributed by atoms with Crippen LogP contribution in [0.15, 0.2) is 54.4 Å². The van der Waals surface area contributed by atoms with E-state index in [2.05, 4.69) is 0 Å². The normalized spacial score (nSPS) is 28.8. The van der Waals surface area contributed by atoms with Crippen molar-refractivity contribution in [3.8, 4) is 5.75 Å². The maximum atomic E-state index is 8.90. The molecule has 0 unspecified atom stereocenters. The predicted molar refractivity (Wildman–Crippen MR) is 78.3 cm³/mol. The van der Waals surface area contributed by atoms with E-state index in [1.807, 2.05) is 0 Å². The summed E-state index contributed by atoms with van der Waals surface area (Å²) in [5.74, 6) is -1.06. The van der Waals surface area contributed by atoms with Crippen LogP contribution in [0, 0.1) is 6.92 Å². The Morgan fingerprint density at radius 2 is 2.00 bits per heavy atom. The van der Waals surface area contributed by atoms with Crippen LogP contribution in [0.2, 0.25) is 0 Å². The molecule has 2 aromatic rings. The lowest BCUT2D eigenvalue weighted by molar-refractivity contribution is -0.628. The van der Waals surface area contributed by atoms with Crippen LogP contribution in [0.4, 0.5) is 0 Å². The van der Waals surface area contributed by atoms with Crippen molar-refractivity contribution >= 4 is 0 Å². The van der Waals surface area contributed by atoms with Crippen LogP contribution in [-0.4, -0.2) is 13.5 Å². The van der Waals surface area contributed by atoms with Crippen molar-refractivity contribution in [2.24, 2.45) is 0 Å². The van der Waals surface area contributed by atoms with Crippen molar-refractivity contribution in [1.29, 1.82) is 0 Å². The summed E-state index contributed by atoms with van der Waals surface area (Å²) in [6.45, 7) is -5.52. The smallest absolute Gasteiger partial charge is 0.129 e. The fraction of sp³-hybridized carbons (Fsp3) is 0.294. The zero-order valence-electron chi connectivity index (χ0n) is 27.0. The fourth-order valence-electron chi connectivity index (χ4n) is 1.12. The first-order valence-electron chi connectivity index (χ1n) is 13.7. The second-order valence-corrected chi connectivity index (χ2v) is 3.30. The molecular weight excluding hydrogens is 234 g/mol. The van der Waals surface area contributed by atoms with Gasteiger partial charge in [0.25, 0.3) is 0 Å². The molecule has 0 bridgehead atoms. The lowest BCUT2D eigenvalue weighted by Crippen LogP contribution is -2.79. The van der Waals surface area contributed by atoms with E-state index in [0.717, 1.165) is 0 Å². The van der Waals surface area contributed by atoms with Crippen LogP contribution in [0.1, 0.15) is 46.9 Å². The summed E-state index contributed by atoms with van der Waals surface area (Å²) in [6.07, 6.45) is -7.57. The molecule has 2 N–H and O–H groups in total. The summed E-state index contributed by atoms with van der Waals surface area (Å²) in [4.78, 5) is 0. The summed E-state index contributed by atoms with van der Waals surface area (Å²) in [7, 11) is 0. The summed E-state index contributed by atoms with van der Waals surface area (Å²) in [5, 5.41) is -0.0495. The molecule has 100 valence electrons. The molecule has 0 aromatic heterocycles. The molecule has 0 amide bonds. The first-order valence-corrected chi connectivity index (χ1v) is 5.24. The minimum atomic E-state index is -3.85. The van der Waals surface area contributed by atoms with Crippen LogP contribution < -0.4 is 10.1 Å². The van der Waals surface area contributed by atoms with Gasteiger partial charge in [0.1, 0.15) is 11.8 Å². The van der Waals surface area contributed by atoms with E-state index in [1.165, 1.54) is 6.92 Å². The number of rotatable bonds is 6. The van der Waals surface area contributed by atoms with Crippen molar-refractivity contribution in [2.75, 3.05) is 13.5 Å². The number of quaternary nitrogens is 1. The molecule has 2 heteroatoms. The zero-order chi connectivity index (χ0) is 28.3. The minimum absolute atomic E-state index is 0.0495. The van der Waals surface area contributed by atoms with Gasteiger partial charge in [-0.2, -0.15) is 0 Å². The minimum Gasteiger partial charge on any atom is -0.486 e. The van der Waals surface area contributed by atoms with Gasteiger partial charge < -0.3 is 10.1 Å². The van der Waals surface area contributed by atoms with E-state index in [0.29, 0.717) is 0 Å². The predicted octanol–water partition coefficient (Wildman–Crippen LogP) is 2.70. The Hall–Kier alpha value is -1.80. The monoisotopic (exact) mass is 273 g/mol. The highest BCUT2D eigenvalue weighted by atomic mass is 16.5. The lowest BCUT2D eigenvalue weighted by Gasteiger charge is -2.19. The third kappa shape index (κ3) is 4.11. The third-order valence-corrected chi connectivity index (χ3v) is 1.92. The summed E-state index contributed by atoms with van der Waals surface area (Å²) >= 11 is 0. The van der Waals surface area contributed by atoms with Crippen molar-refractivity contribution in [3.63, 3.8) is 0 Å². The molecule has 0 saturated heterocycles. The highest BCUT2D eigenvalue weighted by Crippen LogP contribution is 2.24. The molecule has 0 heterocycles. The maximum absolute atomic E-state index is 8.90. The molecular formula is C17H22NO+. The zero-order valence-corrected chi connectivity index (χ0v) is 9.99.